The van der Waals surface area contributed by atoms with Crippen molar-refractivity contribution >= 4 is 11.6 Å². The first-order valence-corrected chi connectivity index (χ1v) is 9.61. The Hall–Kier alpha value is -1.50. The third kappa shape index (κ3) is 3.26. The summed E-state index contributed by atoms with van der Waals surface area (Å²) in [6.45, 7) is 3.96. The smallest absolute Gasteiger partial charge is 0.241 e. The molecule has 0 radical (unpaired) electrons. The van der Waals surface area contributed by atoms with Crippen molar-refractivity contribution < 1.29 is 19.4 Å². The molecule has 5 nitrogen and oxygen atoms in total. The van der Waals surface area contributed by atoms with Crippen molar-refractivity contribution in [3.63, 3.8) is 0 Å². The highest BCUT2D eigenvalue weighted by atomic mass is 19.1. The number of aryl methyl sites for hydroxylation is 1. The number of anilines is 1. The van der Waals surface area contributed by atoms with Crippen LogP contribution in [0.15, 0.2) is 18.2 Å². The molecule has 2 fully saturated rings. The van der Waals surface area contributed by atoms with Crippen LogP contribution < -0.4 is 4.90 Å². The van der Waals surface area contributed by atoms with Gasteiger partial charge in [-0.3, -0.25) is 9.69 Å². The van der Waals surface area contributed by atoms with Crippen LogP contribution in [0.5, 0.6) is 0 Å². The number of aliphatic hydroxyl groups is 2. The van der Waals surface area contributed by atoms with Gasteiger partial charge in [0, 0.05) is 24.8 Å². The van der Waals surface area contributed by atoms with Crippen molar-refractivity contribution in [3.05, 3.63) is 29.6 Å². The zero-order valence-corrected chi connectivity index (χ0v) is 15.1. The van der Waals surface area contributed by atoms with Crippen molar-refractivity contribution in [3.8, 4) is 0 Å². The highest BCUT2D eigenvalue weighted by Crippen LogP contribution is 2.37. The molecular weight excluding hydrogens is 335 g/mol. The number of hydrogen-bond acceptors (Lipinski definition) is 4. The van der Waals surface area contributed by atoms with E-state index in [0.717, 1.165) is 37.2 Å². The Morgan fingerprint density at radius 2 is 1.85 bits per heavy atom. The van der Waals surface area contributed by atoms with Gasteiger partial charge in [0.05, 0.1) is 18.8 Å². The molecule has 0 aromatic heterocycles. The van der Waals surface area contributed by atoms with Crippen LogP contribution >= 0.6 is 0 Å². The molecular formula is C20H27FN2O3. The van der Waals surface area contributed by atoms with Gasteiger partial charge >= 0.3 is 0 Å². The molecule has 0 spiro atoms. The first-order chi connectivity index (χ1) is 12.4. The average molecular weight is 362 g/mol. The summed E-state index contributed by atoms with van der Waals surface area (Å²) in [5.41, 5.74) is 1.73. The summed E-state index contributed by atoms with van der Waals surface area (Å²) in [5, 5.41) is 19.8. The summed E-state index contributed by atoms with van der Waals surface area (Å²) in [7, 11) is 0. The Morgan fingerprint density at radius 1 is 1.19 bits per heavy atom. The van der Waals surface area contributed by atoms with Gasteiger partial charge in [-0.1, -0.05) is 0 Å². The van der Waals surface area contributed by atoms with Crippen LogP contribution in [0.3, 0.4) is 0 Å². The Bertz CT molecular complexity index is 680. The van der Waals surface area contributed by atoms with Gasteiger partial charge in [-0.15, -0.1) is 0 Å². The van der Waals surface area contributed by atoms with Gasteiger partial charge in [-0.25, -0.2) is 4.39 Å². The van der Waals surface area contributed by atoms with Crippen LogP contribution in [0.1, 0.15) is 31.7 Å². The zero-order valence-electron chi connectivity index (χ0n) is 15.1. The second-order valence-corrected chi connectivity index (χ2v) is 8.24. The van der Waals surface area contributed by atoms with Crippen LogP contribution in [0.4, 0.5) is 10.1 Å². The molecule has 2 heterocycles. The summed E-state index contributed by atoms with van der Waals surface area (Å²) in [4.78, 5) is 17.0. The minimum Gasteiger partial charge on any atom is -0.390 e. The highest BCUT2D eigenvalue weighted by molar-refractivity contribution is 5.96. The quantitative estimate of drug-likeness (QED) is 0.838. The molecule has 0 bridgehead atoms. The number of halogens is 1. The highest BCUT2D eigenvalue weighted by Gasteiger charge is 2.42. The first-order valence-electron chi connectivity index (χ1n) is 9.61. The normalized spacial score (nSPS) is 34.5. The molecule has 26 heavy (non-hydrogen) atoms. The molecule has 6 heteroatoms. The minimum atomic E-state index is -0.643. The third-order valence-corrected chi connectivity index (χ3v) is 6.39. The zero-order chi connectivity index (χ0) is 18.4. The van der Waals surface area contributed by atoms with E-state index in [2.05, 4.69) is 4.90 Å². The van der Waals surface area contributed by atoms with E-state index in [1.54, 1.807) is 6.07 Å². The fourth-order valence-corrected chi connectivity index (χ4v) is 5.00. The number of benzene rings is 1. The molecule has 2 N–H and O–H groups in total. The third-order valence-electron chi connectivity index (χ3n) is 6.39. The number of amides is 1. The maximum absolute atomic E-state index is 13.5. The van der Waals surface area contributed by atoms with Gasteiger partial charge in [0.2, 0.25) is 5.91 Å². The molecule has 1 amide bonds. The van der Waals surface area contributed by atoms with E-state index in [1.807, 2.05) is 11.8 Å². The fourth-order valence-electron chi connectivity index (χ4n) is 5.00. The monoisotopic (exact) mass is 362 g/mol. The Labute approximate surface area is 153 Å². The van der Waals surface area contributed by atoms with Crippen LogP contribution in [-0.2, 0) is 11.2 Å². The number of likely N-dealkylation sites (tertiary alicyclic amines) is 1. The Balaban J connectivity index is 1.46. The van der Waals surface area contributed by atoms with Crippen LogP contribution in [-0.4, -0.2) is 58.9 Å². The topological polar surface area (TPSA) is 64.0 Å². The fraction of sp³-hybridized carbons (Fsp3) is 0.650. The van der Waals surface area contributed by atoms with Crippen molar-refractivity contribution in [2.45, 2.75) is 50.9 Å². The number of fused-ring (bicyclic) bond motifs is 2. The lowest BCUT2D eigenvalue weighted by atomic mass is 9.79. The van der Waals surface area contributed by atoms with E-state index in [1.165, 1.54) is 12.1 Å². The van der Waals surface area contributed by atoms with Gasteiger partial charge in [0.15, 0.2) is 0 Å². The molecule has 0 unspecified atom stereocenters. The van der Waals surface area contributed by atoms with Gasteiger partial charge < -0.3 is 15.1 Å². The van der Waals surface area contributed by atoms with E-state index in [-0.39, 0.29) is 17.8 Å². The number of nitrogens with zero attached hydrogens (tertiary/aromatic N) is 2. The summed E-state index contributed by atoms with van der Waals surface area (Å²) in [5.74, 6) is 0.485. The molecule has 142 valence electrons. The van der Waals surface area contributed by atoms with Crippen molar-refractivity contribution in [2.24, 2.45) is 11.8 Å². The van der Waals surface area contributed by atoms with E-state index in [0.29, 0.717) is 31.2 Å². The van der Waals surface area contributed by atoms with Crippen LogP contribution in [0.25, 0.3) is 0 Å². The molecule has 1 aromatic carbocycles. The predicted molar refractivity (Wildman–Crippen MR) is 96.3 cm³/mol. The number of carbonyl (C=O) groups is 1. The molecule has 4 rings (SSSR count). The summed E-state index contributed by atoms with van der Waals surface area (Å²) in [6, 6.07) is 4.78. The standard InChI is InChI=1S/C20H27FN2O3/c1-12-2-3-13-6-16(21)4-5-17(13)23(12)20(26)11-22-9-14-7-18(24)19(25)8-15(14)10-22/h4-6,12,14-15,18-19,24-25H,2-3,7-11H2,1H3/t12-,14-,15+,18+,19-/m1/s1. The maximum atomic E-state index is 13.5. The van der Waals surface area contributed by atoms with Crippen LogP contribution in [0, 0.1) is 17.7 Å². The van der Waals surface area contributed by atoms with E-state index in [9.17, 15) is 19.4 Å². The summed E-state index contributed by atoms with van der Waals surface area (Å²) >= 11 is 0. The molecule has 2 aliphatic heterocycles. The number of hydrogen-bond donors (Lipinski definition) is 2. The second kappa shape index (κ2) is 6.91. The minimum absolute atomic E-state index is 0.0461. The first kappa shape index (κ1) is 17.9. The van der Waals surface area contributed by atoms with E-state index < -0.39 is 12.2 Å². The summed E-state index contributed by atoms with van der Waals surface area (Å²) < 4.78 is 13.5. The summed E-state index contributed by atoms with van der Waals surface area (Å²) in [6.07, 6.45) is 1.57. The van der Waals surface area contributed by atoms with Gasteiger partial charge in [-0.2, -0.15) is 0 Å². The molecule has 3 aliphatic rings. The largest absolute Gasteiger partial charge is 0.390 e. The SMILES string of the molecule is C[C@@H]1CCc2cc(F)ccc2N1C(=O)CN1C[C@H]2C[C@H](O)[C@H](O)C[C@H]2C1. The van der Waals surface area contributed by atoms with Crippen LogP contribution in [0.2, 0.25) is 0 Å². The average Bonchev–Trinajstić information content (AvgIpc) is 2.96. The van der Waals surface area contributed by atoms with Gasteiger partial charge in [0.25, 0.3) is 0 Å². The van der Waals surface area contributed by atoms with Gasteiger partial charge in [0.1, 0.15) is 5.82 Å². The molecule has 1 saturated carbocycles. The Morgan fingerprint density at radius 3 is 2.50 bits per heavy atom. The molecule has 1 saturated heterocycles. The van der Waals surface area contributed by atoms with Crippen molar-refractivity contribution in [1.82, 2.24) is 4.90 Å². The predicted octanol–water partition coefficient (Wildman–Crippen LogP) is 1.56. The number of aliphatic hydroxyl groups excluding tert-OH is 2. The van der Waals surface area contributed by atoms with E-state index >= 15 is 0 Å². The molecule has 1 aromatic rings. The lowest BCUT2D eigenvalue weighted by molar-refractivity contribution is -0.120. The second-order valence-electron chi connectivity index (χ2n) is 8.24. The lowest BCUT2D eigenvalue weighted by Gasteiger charge is -2.36. The van der Waals surface area contributed by atoms with Crippen molar-refractivity contribution in [1.29, 1.82) is 0 Å². The molecule has 1 aliphatic carbocycles. The number of carbonyl (C=O) groups excluding carboxylic acids is 1. The molecule has 5 atom stereocenters. The maximum Gasteiger partial charge on any atom is 0.241 e. The Kier molecular flexibility index (Phi) is 4.75. The van der Waals surface area contributed by atoms with Gasteiger partial charge in [-0.05, 0) is 68.2 Å². The number of rotatable bonds is 2. The lowest BCUT2D eigenvalue weighted by Crippen LogP contribution is -2.46. The van der Waals surface area contributed by atoms with E-state index in [4.69, 9.17) is 0 Å². The van der Waals surface area contributed by atoms with Crippen molar-refractivity contribution in [2.75, 3.05) is 24.5 Å².